The molecule has 0 aromatic heterocycles. The summed E-state index contributed by atoms with van der Waals surface area (Å²) in [7, 11) is 0. The highest BCUT2D eigenvalue weighted by atomic mass is 79.9. The number of ether oxygens (including phenoxy) is 2. The van der Waals surface area contributed by atoms with Gasteiger partial charge in [-0.2, -0.15) is 0 Å². The van der Waals surface area contributed by atoms with E-state index in [1.807, 2.05) is 0 Å². The van der Waals surface area contributed by atoms with Crippen molar-refractivity contribution in [3.05, 3.63) is 10.4 Å². The van der Waals surface area contributed by atoms with Crippen LogP contribution in [0.5, 0.6) is 0 Å². The molecule has 1 saturated heterocycles. The molecule has 0 spiro atoms. The van der Waals surface area contributed by atoms with Gasteiger partial charge in [-0.15, -0.1) is 0 Å². The topological polar surface area (TPSA) is 125 Å². The Balaban J connectivity index is 2.73. The average molecular weight is 310 g/mol. The molecule has 0 aromatic rings. The number of azide groups is 1. The fourth-order valence-electron chi connectivity index (χ4n) is 1.44. The average Bonchev–Trinajstić information content (AvgIpc) is 2.27. The lowest BCUT2D eigenvalue weighted by Gasteiger charge is -2.38. The van der Waals surface area contributed by atoms with E-state index < -0.39 is 35.3 Å². The molecule has 8 nitrogen and oxygen atoms in total. The molecule has 1 fully saturated rings. The minimum Gasteiger partial charge on any atom is -0.463 e. The molecule has 96 valence electrons. The Hall–Kier alpha value is -0.860. The first kappa shape index (κ1) is 14.2. The molecule has 2 unspecified atom stereocenters. The molecule has 1 heterocycles. The summed E-state index contributed by atoms with van der Waals surface area (Å²) in [4.78, 5) is 13.2. The van der Waals surface area contributed by atoms with E-state index in [0.29, 0.717) is 0 Å². The first-order chi connectivity index (χ1) is 7.97. The maximum atomic E-state index is 10.6. The van der Waals surface area contributed by atoms with Crippen LogP contribution in [0.3, 0.4) is 0 Å². The molecule has 0 aliphatic carbocycles. The molecule has 1 rings (SSSR count). The van der Waals surface area contributed by atoms with Gasteiger partial charge < -0.3 is 19.7 Å². The normalized spacial score (nSPS) is 37.1. The molecule has 0 aromatic carbocycles. The maximum Gasteiger partial charge on any atom is 0.302 e. The molecule has 2 N–H and O–H groups in total. The van der Waals surface area contributed by atoms with Crippen LogP contribution in [0.2, 0.25) is 0 Å². The second-order valence-electron chi connectivity index (χ2n) is 3.50. The second-order valence-corrected chi connectivity index (χ2v) is 4.41. The molecule has 0 saturated carbocycles. The molecule has 0 radical (unpaired) electrons. The van der Waals surface area contributed by atoms with E-state index >= 15 is 0 Å². The summed E-state index contributed by atoms with van der Waals surface area (Å²) in [5.41, 5.74) is 8.34. The van der Waals surface area contributed by atoms with Crippen molar-refractivity contribution in [2.24, 2.45) is 5.11 Å². The van der Waals surface area contributed by atoms with Crippen LogP contribution in [0.4, 0.5) is 0 Å². The number of aliphatic hydroxyl groups excluding tert-OH is 2. The summed E-state index contributed by atoms with van der Waals surface area (Å²) >= 11 is 3.03. The van der Waals surface area contributed by atoms with E-state index in [9.17, 15) is 15.0 Å². The second kappa shape index (κ2) is 6.18. The maximum absolute atomic E-state index is 10.6. The Morgan fingerprint density at radius 2 is 2.24 bits per heavy atom. The molecular weight excluding hydrogens is 298 g/mol. The zero-order valence-corrected chi connectivity index (χ0v) is 10.5. The number of hydrogen-bond acceptors (Lipinski definition) is 6. The van der Waals surface area contributed by atoms with Gasteiger partial charge in [0, 0.05) is 11.8 Å². The summed E-state index contributed by atoms with van der Waals surface area (Å²) in [6.07, 6.45) is -3.27. The summed E-state index contributed by atoms with van der Waals surface area (Å²) in [6, 6.07) is -1.06. The van der Waals surface area contributed by atoms with Crippen LogP contribution in [-0.2, 0) is 14.3 Å². The zero-order chi connectivity index (χ0) is 13.0. The Morgan fingerprint density at radius 1 is 1.59 bits per heavy atom. The largest absolute Gasteiger partial charge is 0.463 e. The third-order valence-corrected chi connectivity index (χ3v) is 3.05. The lowest BCUT2D eigenvalue weighted by atomic mass is 9.98. The van der Waals surface area contributed by atoms with Crippen molar-refractivity contribution in [2.45, 2.75) is 36.3 Å². The monoisotopic (exact) mass is 309 g/mol. The van der Waals surface area contributed by atoms with Crippen LogP contribution in [-0.4, -0.2) is 52.2 Å². The van der Waals surface area contributed by atoms with Gasteiger partial charge in [-0.3, -0.25) is 4.79 Å². The van der Waals surface area contributed by atoms with E-state index in [1.165, 1.54) is 6.92 Å². The van der Waals surface area contributed by atoms with E-state index in [0.717, 1.165) is 0 Å². The van der Waals surface area contributed by atoms with Crippen LogP contribution in [0.15, 0.2) is 5.11 Å². The van der Waals surface area contributed by atoms with E-state index in [-0.39, 0.29) is 6.61 Å². The Bertz CT molecular complexity index is 335. The minimum absolute atomic E-state index is 0.178. The highest BCUT2D eigenvalue weighted by Crippen LogP contribution is 2.27. The fourth-order valence-corrected chi connectivity index (χ4v) is 2.03. The SMILES string of the molecule is CC(=O)OCC1O[C@H](Br)[C@@H](O)[C@H](N=[N+]=[N-])C1O. The smallest absolute Gasteiger partial charge is 0.302 e. The number of halogens is 1. The van der Waals surface area contributed by atoms with Crippen molar-refractivity contribution < 1.29 is 24.5 Å². The number of carbonyl (C=O) groups excluding carboxylic acids is 1. The van der Waals surface area contributed by atoms with Crippen molar-refractivity contribution in [2.75, 3.05) is 6.61 Å². The van der Waals surface area contributed by atoms with Gasteiger partial charge in [0.25, 0.3) is 0 Å². The summed E-state index contributed by atoms with van der Waals surface area (Å²) < 4.78 is 9.89. The van der Waals surface area contributed by atoms with Gasteiger partial charge in [-0.25, -0.2) is 0 Å². The molecule has 1 aliphatic rings. The van der Waals surface area contributed by atoms with Crippen LogP contribution < -0.4 is 0 Å². The highest BCUT2D eigenvalue weighted by molar-refractivity contribution is 9.09. The number of alkyl halides is 1. The Labute approximate surface area is 105 Å². The Kier molecular flexibility index (Phi) is 5.16. The van der Waals surface area contributed by atoms with Crippen molar-refractivity contribution in [1.82, 2.24) is 0 Å². The number of nitrogens with zero attached hydrogens (tertiary/aromatic N) is 3. The number of aliphatic hydroxyl groups is 2. The minimum atomic E-state index is -1.24. The van der Waals surface area contributed by atoms with Gasteiger partial charge in [0.05, 0.1) is 12.1 Å². The van der Waals surface area contributed by atoms with Gasteiger partial charge in [0.2, 0.25) is 0 Å². The number of esters is 1. The van der Waals surface area contributed by atoms with Crippen LogP contribution in [0, 0.1) is 0 Å². The van der Waals surface area contributed by atoms with E-state index in [4.69, 9.17) is 15.0 Å². The predicted octanol–water partition coefficient (Wildman–Crippen LogP) is 0.0700. The first-order valence-corrected chi connectivity index (χ1v) is 5.72. The highest BCUT2D eigenvalue weighted by Gasteiger charge is 2.43. The summed E-state index contributed by atoms with van der Waals surface area (Å²) in [6.45, 7) is 1.04. The van der Waals surface area contributed by atoms with Gasteiger partial charge in [-0.1, -0.05) is 21.0 Å². The van der Waals surface area contributed by atoms with Gasteiger partial charge in [0.15, 0.2) is 0 Å². The van der Waals surface area contributed by atoms with Crippen molar-refractivity contribution in [3.8, 4) is 0 Å². The van der Waals surface area contributed by atoms with Crippen molar-refractivity contribution in [1.29, 1.82) is 0 Å². The first-order valence-electron chi connectivity index (χ1n) is 4.80. The third kappa shape index (κ3) is 3.55. The molecule has 17 heavy (non-hydrogen) atoms. The van der Waals surface area contributed by atoms with Crippen LogP contribution >= 0.6 is 15.9 Å². The standard InChI is InChI=1S/C8H12BrN3O5/c1-3(13)16-2-4-6(14)5(11-12-10)7(15)8(9)17-4/h4-8,14-15H,2H2,1H3/t4?,5-,6?,7+,8+/m1/s1. The number of rotatable bonds is 3. The van der Waals surface area contributed by atoms with Crippen LogP contribution in [0.25, 0.3) is 10.4 Å². The fraction of sp³-hybridized carbons (Fsp3) is 0.875. The predicted molar refractivity (Wildman–Crippen MR) is 59.2 cm³/mol. The molecule has 5 atom stereocenters. The molecule has 0 amide bonds. The van der Waals surface area contributed by atoms with E-state index in [1.54, 1.807) is 0 Å². The molecule has 1 aliphatic heterocycles. The number of hydrogen-bond donors (Lipinski definition) is 2. The lowest BCUT2D eigenvalue weighted by Crippen LogP contribution is -2.56. The summed E-state index contributed by atoms with van der Waals surface area (Å²) in [5, 5.41) is 21.9. The number of carbonyl (C=O) groups is 1. The van der Waals surface area contributed by atoms with Crippen molar-refractivity contribution >= 4 is 21.9 Å². The molecule has 0 bridgehead atoms. The van der Waals surface area contributed by atoms with Crippen LogP contribution in [0.1, 0.15) is 6.92 Å². The van der Waals surface area contributed by atoms with Gasteiger partial charge in [0.1, 0.15) is 23.8 Å². The van der Waals surface area contributed by atoms with E-state index in [2.05, 4.69) is 26.0 Å². The molecular formula is C8H12BrN3O5. The third-order valence-electron chi connectivity index (χ3n) is 2.29. The summed E-state index contributed by atoms with van der Waals surface area (Å²) in [5.74, 6) is -0.515. The quantitative estimate of drug-likeness (QED) is 0.251. The van der Waals surface area contributed by atoms with Gasteiger partial charge >= 0.3 is 5.97 Å². The van der Waals surface area contributed by atoms with Crippen molar-refractivity contribution in [3.63, 3.8) is 0 Å². The Morgan fingerprint density at radius 3 is 2.76 bits per heavy atom. The zero-order valence-electron chi connectivity index (χ0n) is 8.93. The molecule has 9 heteroatoms. The lowest BCUT2D eigenvalue weighted by molar-refractivity contribution is -0.172. The van der Waals surface area contributed by atoms with Gasteiger partial charge in [-0.05, 0) is 5.53 Å².